The summed E-state index contributed by atoms with van der Waals surface area (Å²) in [6.07, 6.45) is 1.57. The van der Waals surface area contributed by atoms with E-state index in [-0.39, 0.29) is 22.9 Å². The SMILES string of the molecule is Cc1cc(N2C(=O)C(C)(C)CS2(=O)=O)ccc1S(=O)(=O)NCc1ccccn1. The largest absolute Gasteiger partial charge is 0.273 e. The zero-order chi connectivity index (χ0) is 20.7. The van der Waals surface area contributed by atoms with E-state index in [0.29, 0.717) is 11.3 Å². The number of rotatable bonds is 5. The molecule has 0 saturated carbocycles. The summed E-state index contributed by atoms with van der Waals surface area (Å²) < 4.78 is 53.3. The lowest BCUT2D eigenvalue weighted by Crippen LogP contribution is -2.33. The lowest BCUT2D eigenvalue weighted by atomic mass is 9.95. The summed E-state index contributed by atoms with van der Waals surface area (Å²) in [5, 5.41) is 0. The number of nitrogens with zero attached hydrogens (tertiary/aromatic N) is 2. The Kier molecular flexibility index (Phi) is 5.07. The Labute approximate surface area is 164 Å². The Morgan fingerprint density at radius 2 is 1.93 bits per heavy atom. The van der Waals surface area contributed by atoms with Crippen LogP contribution in [-0.2, 0) is 31.4 Å². The van der Waals surface area contributed by atoms with Crippen molar-refractivity contribution in [3.05, 3.63) is 53.9 Å². The number of hydrogen-bond donors (Lipinski definition) is 1. The van der Waals surface area contributed by atoms with Crippen molar-refractivity contribution < 1.29 is 21.6 Å². The molecule has 1 aliphatic heterocycles. The van der Waals surface area contributed by atoms with Crippen molar-refractivity contribution in [1.82, 2.24) is 9.71 Å². The molecule has 10 heteroatoms. The van der Waals surface area contributed by atoms with E-state index in [4.69, 9.17) is 0 Å². The number of aromatic nitrogens is 1. The van der Waals surface area contributed by atoms with Crippen molar-refractivity contribution in [1.29, 1.82) is 0 Å². The van der Waals surface area contributed by atoms with Crippen molar-refractivity contribution in [3.63, 3.8) is 0 Å². The highest BCUT2D eigenvalue weighted by Crippen LogP contribution is 2.36. The van der Waals surface area contributed by atoms with Crippen LogP contribution in [0.3, 0.4) is 0 Å². The number of aryl methyl sites for hydroxylation is 1. The van der Waals surface area contributed by atoms with Crippen molar-refractivity contribution in [3.8, 4) is 0 Å². The van der Waals surface area contributed by atoms with E-state index in [1.807, 2.05) is 0 Å². The van der Waals surface area contributed by atoms with Gasteiger partial charge in [0.2, 0.25) is 26.0 Å². The monoisotopic (exact) mass is 423 g/mol. The predicted octanol–water partition coefficient (Wildman–Crippen LogP) is 1.57. The Morgan fingerprint density at radius 1 is 1.21 bits per heavy atom. The maximum atomic E-state index is 12.6. The van der Waals surface area contributed by atoms with Gasteiger partial charge in [0, 0.05) is 6.20 Å². The van der Waals surface area contributed by atoms with Gasteiger partial charge < -0.3 is 0 Å². The van der Waals surface area contributed by atoms with E-state index in [0.717, 1.165) is 4.31 Å². The number of amides is 1. The highest BCUT2D eigenvalue weighted by Gasteiger charge is 2.50. The average Bonchev–Trinajstić information content (AvgIpc) is 2.76. The van der Waals surface area contributed by atoms with Crippen LogP contribution in [0.25, 0.3) is 0 Å². The summed E-state index contributed by atoms with van der Waals surface area (Å²) in [6, 6.07) is 9.22. The van der Waals surface area contributed by atoms with Gasteiger partial charge in [-0.3, -0.25) is 9.78 Å². The molecule has 1 fully saturated rings. The minimum absolute atomic E-state index is 0.00971. The topological polar surface area (TPSA) is 114 Å². The zero-order valence-corrected chi connectivity index (χ0v) is 17.3. The third kappa shape index (κ3) is 3.80. The maximum Gasteiger partial charge on any atom is 0.247 e. The van der Waals surface area contributed by atoms with Crippen LogP contribution in [0.4, 0.5) is 5.69 Å². The van der Waals surface area contributed by atoms with Crippen LogP contribution in [-0.4, -0.2) is 33.5 Å². The fourth-order valence-electron chi connectivity index (χ4n) is 3.07. The first-order chi connectivity index (χ1) is 12.9. The van der Waals surface area contributed by atoms with Gasteiger partial charge in [0.1, 0.15) is 0 Å². The summed E-state index contributed by atoms with van der Waals surface area (Å²) in [5.41, 5.74) is 0.00802. The van der Waals surface area contributed by atoms with Crippen molar-refractivity contribution >= 4 is 31.6 Å². The second-order valence-electron chi connectivity index (χ2n) is 7.31. The number of anilines is 1. The molecule has 150 valence electrons. The molecule has 28 heavy (non-hydrogen) atoms. The molecule has 0 radical (unpaired) electrons. The third-order valence-electron chi connectivity index (χ3n) is 4.44. The quantitative estimate of drug-likeness (QED) is 0.781. The van der Waals surface area contributed by atoms with Crippen molar-refractivity contribution in [2.24, 2.45) is 5.41 Å². The molecular weight excluding hydrogens is 402 g/mol. The normalized spacial score (nSPS) is 18.4. The second kappa shape index (κ2) is 6.94. The number of nitrogens with one attached hydrogen (secondary N) is 1. The van der Waals surface area contributed by atoms with Crippen LogP contribution in [0.1, 0.15) is 25.1 Å². The fourth-order valence-corrected chi connectivity index (χ4v) is 6.39. The summed E-state index contributed by atoms with van der Waals surface area (Å²) >= 11 is 0. The number of benzene rings is 1. The number of carbonyl (C=O) groups excluding carboxylic acids is 1. The first-order valence-corrected chi connectivity index (χ1v) is 11.6. The maximum absolute atomic E-state index is 12.6. The second-order valence-corrected chi connectivity index (χ2v) is 10.9. The fraction of sp³-hybridized carbons (Fsp3) is 0.333. The van der Waals surface area contributed by atoms with Crippen molar-refractivity contribution in [2.45, 2.75) is 32.2 Å². The van der Waals surface area contributed by atoms with Crippen LogP contribution in [0.5, 0.6) is 0 Å². The van der Waals surface area contributed by atoms with Crippen LogP contribution < -0.4 is 9.03 Å². The summed E-state index contributed by atoms with van der Waals surface area (Å²) in [5.74, 6) is -0.820. The Balaban J connectivity index is 1.89. The highest BCUT2D eigenvalue weighted by molar-refractivity contribution is 7.94. The first-order valence-electron chi connectivity index (χ1n) is 8.52. The molecule has 1 aromatic heterocycles. The number of pyridine rings is 1. The molecule has 1 saturated heterocycles. The molecule has 0 atom stereocenters. The molecule has 2 aromatic rings. The summed E-state index contributed by atoms with van der Waals surface area (Å²) in [6.45, 7) is 4.72. The van der Waals surface area contributed by atoms with Crippen LogP contribution in [0.2, 0.25) is 0 Å². The van der Waals surface area contributed by atoms with Crippen LogP contribution in [0, 0.1) is 12.3 Å². The highest BCUT2D eigenvalue weighted by atomic mass is 32.2. The van der Waals surface area contributed by atoms with E-state index < -0.39 is 31.4 Å². The van der Waals surface area contributed by atoms with Gasteiger partial charge in [-0.15, -0.1) is 0 Å². The standard InChI is InChI=1S/C18H21N3O5S2/c1-13-10-15(21-17(22)18(2,3)12-27(21,23)24)7-8-16(13)28(25,26)20-11-14-6-4-5-9-19-14/h4-10,20H,11-12H2,1-3H3. The molecule has 1 aliphatic rings. The molecule has 0 aliphatic carbocycles. The molecule has 1 aromatic carbocycles. The molecule has 1 N–H and O–H groups in total. The van der Waals surface area contributed by atoms with Gasteiger partial charge in [-0.2, -0.15) is 0 Å². The lowest BCUT2D eigenvalue weighted by molar-refractivity contribution is -0.123. The van der Waals surface area contributed by atoms with Gasteiger partial charge in [-0.1, -0.05) is 6.07 Å². The van der Waals surface area contributed by atoms with E-state index in [1.54, 1.807) is 45.2 Å². The average molecular weight is 424 g/mol. The van der Waals surface area contributed by atoms with Crippen LogP contribution in [0.15, 0.2) is 47.5 Å². The Hall–Kier alpha value is -2.30. The third-order valence-corrected chi connectivity index (χ3v) is 8.02. The molecule has 1 amide bonds. The van der Waals surface area contributed by atoms with E-state index in [2.05, 4.69) is 9.71 Å². The van der Waals surface area contributed by atoms with Gasteiger partial charge in [0.25, 0.3) is 0 Å². The molecular formula is C18H21N3O5S2. The van der Waals surface area contributed by atoms with Gasteiger partial charge in [0.15, 0.2) is 0 Å². The first kappa shape index (κ1) is 20.4. The van der Waals surface area contributed by atoms with Gasteiger partial charge in [0.05, 0.1) is 34.0 Å². The molecule has 2 heterocycles. The van der Waals surface area contributed by atoms with E-state index in [9.17, 15) is 21.6 Å². The Morgan fingerprint density at radius 3 is 2.46 bits per heavy atom. The molecule has 0 spiro atoms. The predicted molar refractivity (Wildman–Crippen MR) is 104 cm³/mol. The zero-order valence-electron chi connectivity index (χ0n) is 15.7. The smallest absolute Gasteiger partial charge is 0.247 e. The van der Waals surface area contributed by atoms with Crippen molar-refractivity contribution in [2.75, 3.05) is 10.1 Å². The van der Waals surface area contributed by atoms with E-state index >= 15 is 0 Å². The summed E-state index contributed by atoms with van der Waals surface area (Å²) in [4.78, 5) is 16.6. The van der Waals surface area contributed by atoms with E-state index in [1.165, 1.54) is 18.2 Å². The minimum atomic E-state index is -3.84. The Bertz CT molecular complexity index is 1130. The minimum Gasteiger partial charge on any atom is -0.273 e. The lowest BCUT2D eigenvalue weighted by Gasteiger charge is -2.19. The number of sulfonamides is 2. The number of carbonyl (C=O) groups is 1. The molecule has 8 nitrogen and oxygen atoms in total. The molecule has 3 rings (SSSR count). The van der Waals surface area contributed by atoms with Gasteiger partial charge >= 0.3 is 0 Å². The summed E-state index contributed by atoms with van der Waals surface area (Å²) in [7, 11) is -7.64. The van der Waals surface area contributed by atoms with Gasteiger partial charge in [-0.05, 0) is 56.7 Å². The number of hydrogen-bond acceptors (Lipinski definition) is 6. The van der Waals surface area contributed by atoms with Crippen LogP contribution >= 0.6 is 0 Å². The van der Waals surface area contributed by atoms with Gasteiger partial charge in [-0.25, -0.2) is 25.9 Å². The molecule has 0 unspecified atom stereocenters. The molecule has 0 bridgehead atoms.